The molecule has 1 N–H and O–H groups in total. The van der Waals surface area contributed by atoms with E-state index in [2.05, 4.69) is 57.5 Å². The zero-order valence-corrected chi connectivity index (χ0v) is 15.5. The molecule has 0 aliphatic carbocycles. The molecule has 0 atom stereocenters. The van der Waals surface area contributed by atoms with Crippen LogP contribution in [0.1, 0.15) is 27.3 Å². The Balaban J connectivity index is 1.91. The van der Waals surface area contributed by atoms with Gasteiger partial charge in [-0.15, -0.1) is 0 Å². The van der Waals surface area contributed by atoms with E-state index in [4.69, 9.17) is 5.11 Å². The Morgan fingerprint density at radius 1 is 1.12 bits per heavy atom. The third-order valence-corrected chi connectivity index (χ3v) is 4.50. The largest absolute Gasteiger partial charge is 0.478 e. The highest BCUT2D eigenvalue weighted by Gasteiger charge is 2.09. The molecule has 3 rings (SSSR count). The average molecular weight is 397 g/mol. The van der Waals surface area contributed by atoms with Crippen molar-refractivity contribution >= 4 is 33.8 Å². The summed E-state index contributed by atoms with van der Waals surface area (Å²) >= 11 is 3.51. The van der Waals surface area contributed by atoms with Gasteiger partial charge in [0.1, 0.15) is 0 Å². The fourth-order valence-electron chi connectivity index (χ4n) is 2.76. The molecule has 0 saturated carbocycles. The van der Waals surface area contributed by atoms with Crippen LogP contribution in [0.3, 0.4) is 0 Å². The smallest absolute Gasteiger partial charge is 0.335 e. The number of benzene rings is 2. The van der Waals surface area contributed by atoms with Crippen molar-refractivity contribution in [1.82, 2.24) is 4.57 Å². The number of aromatic nitrogens is 1. The van der Waals surface area contributed by atoms with E-state index in [9.17, 15) is 4.79 Å². The number of aromatic carboxylic acids is 1. The molecule has 0 aliphatic rings. The molecule has 1 heterocycles. The Hall–Kier alpha value is -2.66. The van der Waals surface area contributed by atoms with E-state index in [1.807, 2.05) is 18.3 Å². The fraction of sp³-hybridized carbons (Fsp3) is 0.100. The van der Waals surface area contributed by atoms with E-state index in [0.29, 0.717) is 0 Å². The van der Waals surface area contributed by atoms with Gasteiger partial charge in [-0.05, 0) is 62.4 Å². The number of carboxylic acids is 1. The number of halogens is 1. The molecule has 0 radical (unpaired) electrons. The predicted octanol–water partition coefficient (Wildman–Crippen LogP) is 5.31. The molecule has 0 fully saturated rings. The number of aryl methyl sites for hydroxylation is 1. The number of hydrogen-bond donors (Lipinski definition) is 1. The van der Waals surface area contributed by atoms with Gasteiger partial charge >= 0.3 is 5.97 Å². The van der Waals surface area contributed by atoms with Crippen LogP contribution in [-0.2, 0) is 0 Å². The number of carbonyl (C=O) groups is 1. The second kappa shape index (κ2) is 7.07. The van der Waals surface area contributed by atoms with Crippen molar-refractivity contribution in [2.45, 2.75) is 13.8 Å². The number of nitrogens with zero attached hydrogens (tertiary/aromatic N) is 2. The van der Waals surface area contributed by atoms with Crippen LogP contribution in [0.25, 0.3) is 5.69 Å². The van der Waals surface area contributed by atoms with Crippen molar-refractivity contribution < 1.29 is 9.90 Å². The van der Waals surface area contributed by atoms with Crippen LogP contribution in [0, 0.1) is 13.8 Å². The lowest BCUT2D eigenvalue weighted by Crippen LogP contribution is -1.99. The quantitative estimate of drug-likeness (QED) is 0.607. The minimum Gasteiger partial charge on any atom is -0.478 e. The third-order valence-electron chi connectivity index (χ3n) is 4.00. The van der Waals surface area contributed by atoms with E-state index in [1.54, 1.807) is 24.3 Å². The van der Waals surface area contributed by atoms with Crippen molar-refractivity contribution in [2.75, 3.05) is 0 Å². The summed E-state index contributed by atoms with van der Waals surface area (Å²) in [6, 6.07) is 16.8. The Bertz CT molecular complexity index is 956. The highest BCUT2D eigenvalue weighted by atomic mass is 79.9. The van der Waals surface area contributed by atoms with Crippen LogP contribution in [0.15, 0.2) is 64.1 Å². The molecule has 3 aromatic rings. The van der Waals surface area contributed by atoms with E-state index >= 15 is 0 Å². The zero-order chi connectivity index (χ0) is 18.0. The molecule has 126 valence electrons. The molecule has 0 bridgehead atoms. The maximum atomic E-state index is 10.9. The fourth-order valence-corrected chi connectivity index (χ4v) is 3.15. The van der Waals surface area contributed by atoms with Gasteiger partial charge in [-0.1, -0.05) is 22.0 Å². The van der Waals surface area contributed by atoms with Crippen LogP contribution in [0.2, 0.25) is 0 Å². The summed E-state index contributed by atoms with van der Waals surface area (Å²) in [7, 11) is 0. The van der Waals surface area contributed by atoms with E-state index in [-0.39, 0.29) is 5.56 Å². The van der Waals surface area contributed by atoms with Crippen molar-refractivity contribution in [2.24, 2.45) is 4.99 Å². The molecule has 0 unspecified atom stereocenters. The molecule has 2 aromatic carbocycles. The molecule has 0 spiro atoms. The molecule has 0 amide bonds. The Kier molecular flexibility index (Phi) is 4.86. The van der Waals surface area contributed by atoms with Crippen molar-refractivity contribution in [3.8, 4) is 5.69 Å². The van der Waals surface area contributed by atoms with E-state index in [0.717, 1.165) is 32.8 Å². The lowest BCUT2D eigenvalue weighted by Gasteiger charge is -2.09. The topological polar surface area (TPSA) is 54.6 Å². The van der Waals surface area contributed by atoms with Crippen LogP contribution in [0.4, 0.5) is 5.69 Å². The van der Waals surface area contributed by atoms with Gasteiger partial charge in [0.2, 0.25) is 0 Å². The van der Waals surface area contributed by atoms with Crippen LogP contribution >= 0.6 is 15.9 Å². The lowest BCUT2D eigenvalue weighted by atomic mass is 10.2. The van der Waals surface area contributed by atoms with E-state index < -0.39 is 5.97 Å². The van der Waals surface area contributed by atoms with E-state index in [1.165, 1.54) is 0 Å². The maximum absolute atomic E-state index is 10.9. The average Bonchev–Trinajstić information content (AvgIpc) is 2.87. The van der Waals surface area contributed by atoms with Crippen LogP contribution < -0.4 is 0 Å². The molecule has 4 nitrogen and oxygen atoms in total. The minimum absolute atomic E-state index is 0.256. The first-order chi connectivity index (χ1) is 12.0. The SMILES string of the molecule is Cc1cc(C=Nc2ccc(C(=O)O)cc2)c(C)n1-c1cccc(Br)c1. The van der Waals surface area contributed by atoms with Crippen molar-refractivity contribution in [1.29, 1.82) is 0 Å². The van der Waals surface area contributed by atoms with Gasteiger partial charge in [0.25, 0.3) is 0 Å². The molecule has 0 saturated heterocycles. The predicted molar refractivity (Wildman–Crippen MR) is 104 cm³/mol. The monoisotopic (exact) mass is 396 g/mol. The second-order valence-corrected chi connectivity index (χ2v) is 6.67. The minimum atomic E-state index is -0.937. The van der Waals surface area contributed by atoms with Crippen LogP contribution in [0.5, 0.6) is 0 Å². The first-order valence-corrected chi connectivity index (χ1v) is 8.57. The molecular formula is C20H17BrN2O2. The molecule has 25 heavy (non-hydrogen) atoms. The Morgan fingerprint density at radius 3 is 2.48 bits per heavy atom. The van der Waals surface area contributed by atoms with Crippen molar-refractivity contribution in [3.05, 3.63) is 81.6 Å². The second-order valence-electron chi connectivity index (χ2n) is 5.75. The number of carboxylic acid groups (broad SMARTS) is 1. The highest BCUT2D eigenvalue weighted by molar-refractivity contribution is 9.10. The van der Waals surface area contributed by atoms with Gasteiger partial charge in [0, 0.05) is 33.3 Å². The van der Waals surface area contributed by atoms with Gasteiger partial charge in [-0.3, -0.25) is 4.99 Å². The van der Waals surface area contributed by atoms with Gasteiger partial charge in [-0.2, -0.15) is 0 Å². The summed E-state index contributed by atoms with van der Waals surface area (Å²) < 4.78 is 3.21. The molecule has 5 heteroatoms. The Morgan fingerprint density at radius 2 is 1.84 bits per heavy atom. The first kappa shape index (κ1) is 17.2. The maximum Gasteiger partial charge on any atom is 0.335 e. The van der Waals surface area contributed by atoms with Crippen LogP contribution in [-0.4, -0.2) is 21.9 Å². The lowest BCUT2D eigenvalue weighted by molar-refractivity contribution is 0.0697. The first-order valence-electron chi connectivity index (χ1n) is 7.78. The normalized spacial score (nSPS) is 11.2. The summed E-state index contributed by atoms with van der Waals surface area (Å²) in [5, 5.41) is 8.94. The van der Waals surface area contributed by atoms with Gasteiger partial charge in [0.05, 0.1) is 11.3 Å². The number of rotatable bonds is 4. The van der Waals surface area contributed by atoms with Gasteiger partial charge in [-0.25, -0.2) is 4.79 Å². The third kappa shape index (κ3) is 3.72. The number of hydrogen-bond acceptors (Lipinski definition) is 2. The summed E-state index contributed by atoms with van der Waals surface area (Å²) in [5.41, 5.74) is 5.32. The molecular weight excluding hydrogens is 380 g/mol. The highest BCUT2D eigenvalue weighted by Crippen LogP contribution is 2.23. The standard InChI is InChI=1S/C20H17BrN2O2/c1-13-10-16(12-22-18-8-6-15(7-9-18)20(24)25)14(2)23(13)19-5-3-4-17(21)11-19/h3-12H,1-2H3,(H,24,25). The summed E-state index contributed by atoms with van der Waals surface area (Å²) in [4.78, 5) is 15.4. The Labute approximate surface area is 154 Å². The van der Waals surface area contributed by atoms with Gasteiger partial charge < -0.3 is 9.67 Å². The zero-order valence-electron chi connectivity index (χ0n) is 13.9. The summed E-state index contributed by atoms with van der Waals surface area (Å²) in [5.74, 6) is -0.937. The van der Waals surface area contributed by atoms with Crippen molar-refractivity contribution in [3.63, 3.8) is 0 Å². The summed E-state index contributed by atoms with van der Waals surface area (Å²) in [6.45, 7) is 4.12. The number of aliphatic imine (C=N–C) groups is 1. The molecule has 0 aliphatic heterocycles. The molecule has 1 aromatic heterocycles. The summed E-state index contributed by atoms with van der Waals surface area (Å²) in [6.07, 6.45) is 1.81. The van der Waals surface area contributed by atoms with Gasteiger partial charge in [0.15, 0.2) is 0 Å².